The molecule has 3 rings (SSSR count). The molecule has 0 bridgehead atoms. The zero-order valence-corrected chi connectivity index (χ0v) is 19.3. The molecule has 0 saturated carbocycles. The van der Waals surface area contributed by atoms with Crippen molar-refractivity contribution in [1.29, 1.82) is 0 Å². The lowest BCUT2D eigenvalue weighted by Crippen LogP contribution is -2.22. The smallest absolute Gasteiger partial charge is 0.120 e. The van der Waals surface area contributed by atoms with Crippen molar-refractivity contribution in [3.8, 4) is 5.75 Å². The molecule has 29 heavy (non-hydrogen) atoms. The van der Waals surface area contributed by atoms with E-state index in [1.807, 2.05) is 49.1 Å². The second-order valence-corrected chi connectivity index (χ2v) is 10.2. The highest BCUT2D eigenvalue weighted by atomic mass is 35.5. The summed E-state index contributed by atoms with van der Waals surface area (Å²) < 4.78 is 8.02. The zero-order chi connectivity index (χ0) is 20.9. The fourth-order valence-corrected chi connectivity index (χ4v) is 4.67. The van der Waals surface area contributed by atoms with Gasteiger partial charge in [-0.15, -0.1) is 11.8 Å². The Hall–Kier alpha value is -1.62. The molecule has 3 aromatic rings. The Balaban J connectivity index is 1.67. The van der Waals surface area contributed by atoms with Crippen molar-refractivity contribution in [2.45, 2.75) is 55.9 Å². The van der Waals surface area contributed by atoms with E-state index < -0.39 is 0 Å². The van der Waals surface area contributed by atoms with Gasteiger partial charge >= 0.3 is 0 Å². The van der Waals surface area contributed by atoms with Gasteiger partial charge in [0.05, 0.1) is 11.3 Å². The average molecular weight is 449 g/mol. The normalized spacial score (nSPS) is 12.7. The molecule has 154 valence electrons. The number of aromatic nitrogens is 2. The van der Waals surface area contributed by atoms with Gasteiger partial charge in [-0.3, -0.25) is 0 Å². The fourth-order valence-electron chi connectivity index (χ4n) is 2.97. The van der Waals surface area contributed by atoms with Gasteiger partial charge in [0.15, 0.2) is 0 Å². The van der Waals surface area contributed by atoms with Gasteiger partial charge in [0.25, 0.3) is 0 Å². The van der Waals surface area contributed by atoms with Crippen LogP contribution >= 0.6 is 35.0 Å². The van der Waals surface area contributed by atoms with Crippen molar-refractivity contribution in [2.75, 3.05) is 0 Å². The summed E-state index contributed by atoms with van der Waals surface area (Å²) in [4.78, 5) is 5.18. The summed E-state index contributed by atoms with van der Waals surface area (Å²) in [6.45, 7) is 7.03. The minimum atomic E-state index is -0.190. The monoisotopic (exact) mass is 448 g/mol. The highest BCUT2D eigenvalue weighted by molar-refractivity contribution is 8.00. The first-order chi connectivity index (χ1) is 13.8. The Labute approximate surface area is 187 Å². The number of rotatable bonds is 8. The minimum absolute atomic E-state index is 0.190. The Morgan fingerprint density at radius 2 is 1.86 bits per heavy atom. The maximum atomic E-state index is 6.40. The molecule has 1 atom stereocenters. The van der Waals surface area contributed by atoms with Crippen LogP contribution in [0.15, 0.2) is 66.1 Å². The number of imidazole rings is 1. The molecule has 0 aliphatic rings. The number of thioether (sulfide) groups is 1. The number of hydrogen-bond acceptors (Lipinski definition) is 3. The van der Waals surface area contributed by atoms with Crippen LogP contribution in [0.4, 0.5) is 0 Å². The van der Waals surface area contributed by atoms with E-state index in [0.29, 0.717) is 10.3 Å². The Bertz CT molecular complexity index is 906. The van der Waals surface area contributed by atoms with Crippen LogP contribution < -0.4 is 4.74 Å². The van der Waals surface area contributed by atoms with Crippen molar-refractivity contribution >= 4 is 35.0 Å². The van der Waals surface area contributed by atoms with Gasteiger partial charge in [0, 0.05) is 34.1 Å². The largest absolute Gasteiger partial charge is 0.488 e. The van der Waals surface area contributed by atoms with Crippen LogP contribution in [0.1, 0.15) is 32.8 Å². The van der Waals surface area contributed by atoms with Gasteiger partial charge in [-0.2, -0.15) is 0 Å². The summed E-state index contributed by atoms with van der Waals surface area (Å²) in [7, 11) is 0. The first-order valence-electron chi connectivity index (χ1n) is 9.64. The summed E-state index contributed by atoms with van der Waals surface area (Å²) in [5.74, 6) is 0.899. The molecule has 0 radical (unpaired) electrons. The van der Waals surface area contributed by atoms with E-state index >= 15 is 0 Å². The van der Waals surface area contributed by atoms with Crippen LogP contribution in [0, 0.1) is 0 Å². The molecule has 0 spiro atoms. The molecule has 0 amide bonds. The fraction of sp³-hybridized carbons (Fsp3) is 0.348. The number of halogens is 2. The number of nitrogens with zero attached hydrogens (tertiary/aromatic N) is 2. The number of aryl methyl sites for hydroxylation is 1. The minimum Gasteiger partial charge on any atom is -0.488 e. The molecule has 0 fully saturated rings. The lowest BCUT2D eigenvalue weighted by Gasteiger charge is -2.21. The van der Waals surface area contributed by atoms with Crippen molar-refractivity contribution in [1.82, 2.24) is 9.55 Å². The van der Waals surface area contributed by atoms with E-state index in [-0.39, 0.29) is 5.60 Å². The Kier molecular flexibility index (Phi) is 7.55. The van der Waals surface area contributed by atoms with E-state index in [1.54, 1.807) is 11.8 Å². The van der Waals surface area contributed by atoms with Gasteiger partial charge in [-0.05, 0) is 69.5 Å². The Morgan fingerprint density at radius 3 is 2.52 bits per heavy atom. The van der Waals surface area contributed by atoms with E-state index in [4.69, 9.17) is 27.9 Å². The average Bonchev–Trinajstić information content (AvgIpc) is 3.16. The highest BCUT2D eigenvalue weighted by Crippen LogP contribution is 2.35. The first-order valence-corrected chi connectivity index (χ1v) is 11.3. The molecule has 6 heteroatoms. The molecule has 0 aliphatic heterocycles. The van der Waals surface area contributed by atoms with Gasteiger partial charge in [0.2, 0.25) is 0 Å². The highest BCUT2D eigenvalue weighted by Gasteiger charge is 2.15. The van der Waals surface area contributed by atoms with Crippen LogP contribution in [0.2, 0.25) is 10.0 Å². The molecular weight excluding hydrogens is 423 g/mol. The van der Waals surface area contributed by atoms with Gasteiger partial charge in [-0.25, -0.2) is 4.98 Å². The van der Waals surface area contributed by atoms with Crippen LogP contribution in [0.3, 0.4) is 0 Å². The SMILES string of the molecule is CC(C)(C)Oc1ccc(CCC(Cn2ccnc2)Sc2cc(Cl)ccc2Cl)cc1. The molecule has 0 saturated heterocycles. The lowest BCUT2D eigenvalue weighted by atomic mass is 10.1. The Morgan fingerprint density at radius 1 is 1.10 bits per heavy atom. The van der Waals surface area contributed by atoms with E-state index in [0.717, 1.165) is 35.1 Å². The summed E-state index contributed by atoms with van der Waals surface area (Å²) in [6, 6.07) is 14.0. The predicted molar refractivity (Wildman–Crippen MR) is 123 cm³/mol. The zero-order valence-electron chi connectivity index (χ0n) is 16.9. The molecule has 2 aromatic carbocycles. The predicted octanol–water partition coefficient (Wildman–Crippen LogP) is 7.16. The topological polar surface area (TPSA) is 27.1 Å². The molecular formula is C23H26Cl2N2OS. The number of hydrogen-bond donors (Lipinski definition) is 0. The number of ether oxygens (including phenoxy) is 1. The van der Waals surface area contributed by atoms with Crippen molar-refractivity contribution in [2.24, 2.45) is 0 Å². The number of benzene rings is 2. The second kappa shape index (κ2) is 9.92. The van der Waals surface area contributed by atoms with Gasteiger partial charge in [-0.1, -0.05) is 35.3 Å². The standard InChI is InChI=1S/C23H26Cl2N2OS/c1-23(2,3)28-19-8-4-17(5-9-19)6-10-20(15-27-13-12-26-16-27)29-22-14-18(24)7-11-21(22)25/h4-5,7-9,11-14,16,20H,6,10,15H2,1-3H3. The van der Waals surface area contributed by atoms with E-state index in [1.165, 1.54) is 5.56 Å². The quantitative estimate of drug-likeness (QED) is 0.342. The van der Waals surface area contributed by atoms with Crippen LogP contribution in [-0.4, -0.2) is 20.4 Å². The van der Waals surface area contributed by atoms with Crippen molar-refractivity contribution < 1.29 is 4.74 Å². The maximum absolute atomic E-state index is 6.40. The van der Waals surface area contributed by atoms with Crippen LogP contribution in [0.5, 0.6) is 5.75 Å². The molecule has 0 aliphatic carbocycles. The summed E-state index contributed by atoms with van der Waals surface area (Å²) in [5.41, 5.74) is 1.10. The van der Waals surface area contributed by atoms with Crippen LogP contribution in [0.25, 0.3) is 0 Å². The molecule has 0 N–H and O–H groups in total. The third-order valence-corrected chi connectivity index (χ3v) is 6.25. The lowest BCUT2D eigenvalue weighted by molar-refractivity contribution is 0.131. The third-order valence-electron chi connectivity index (χ3n) is 4.26. The third kappa shape index (κ3) is 7.29. The maximum Gasteiger partial charge on any atom is 0.120 e. The summed E-state index contributed by atoms with van der Waals surface area (Å²) in [6.07, 6.45) is 7.63. The van der Waals surface area contributed by atoms with Crippen molar-refractivity contribution in [3.63, 3.8) is 0 Å². The first kappa shape index (κ1) is 22.1. The van der Waals surface area contributed by atoms with E-state index in [2.05, 4.69) is 42.5 Å². The molecule has 3 nitrogen and oxygen atoms in total. The van der Waals surface area contributed by atoms with Gasteiger partial charge in [0.1, 0.15) is 11.4 Å². The van der Waals surface area contributed by atoms with E-state index in [9.17, 15) is 0 Å². The van der Waals surface area contributed by atoms with Crippen molar-refractivity contribution in [3.05, 3.63) is 76.8 Å². The molecule has 1 aromatic heterocycles. The summed E-state index contributed by atoms with van der Waals surface area (Å²) >= 11 is 14.3. The van der Waals surface area contributed by atoms with Gasteiger partial charge < -0.3 is 9.30 Å². The summed E-state index contributed by atoms with van der Waals surface area (Å²) in [5, 5.41) is 1.78. The molecule has 1 heterocycles. The molecule has 1 unspecified atom stereocenters. The van der Waals surface area contributed by atoms with Crippen LogP contribution in [-0.2, 0) is 13.0 Å². The second-order valence-electron chi connectivity index (χ2n) is 7.97.